The van der Waals surface area contributed by atoms with Gasteiger partial charge in [-0.1, -0.05) is 13.8 Å². The fraction of sp³-hybridized carbons (Fsp3) is 0.778. The molecule has 0 aromatic carbocycles. The van der Waals surface area contributed by atoms with Gasteiger partial charge >= 0.3 is 0 Å². The fourth-order valence-corrected chi connectivity index (χ4v) is 0.844. The van der Waals surface area contributed by atoms with Crippen molar-refractivity contribution in [1.29, 1.82) is 0 Å². The van der Waals surface area contributed by atoms with Gasteiger partial charge in [-0.3, -0.25) is 5.43 Å². The van der Waals surface area contributed by atoms with Crippen molar-refractivity contribution in [2.75, 3.05) is 0 Å². The molecule has 0 heterocycles. The van der Waals surface area contributed by atoms with Crippen molar-refractivity contribution in [1.82, 2.24) is 10.7 Å². The van der Waals surface area contributed by atoms with E-state index in [-0.39, 0.29) is 0 Å². The molecule has 2 N–H and O–H groups in total. The molecule has 0 saturated carbocycles. The molecule has 0 aromatic heterocycles. The molecular formula is C9H19N3S. The molecule has 0 aliphatic carbocycles. The van der Waals surface area contributed by atoms with Crippen LogP contribution in [0.4, 0.5) is 0 Å². The standard InChI is InChI=1S/C9H19N3S/c1-6(2)8(5)11-12-9(13)10-7(3)4/h6-7H,1-5H3,(H2,10,12,13)/b11-8+. The Morgan fingerprint density at radius 1 is 1.23 bits per heavy atom. The number of hydrogen-bond donors (Lipinski definition) is 2. The summed E-state index contributed by atoms with van der Waals surface area (Å²) < 4.78 is 0. The maximum absolute atomic E-state index is 5.01. The number of thiocarbonyl (C=S) groups is 1. The van der Waals surface area contributed by atoms with Crippen LogP contribution in [0.5, 0.6) is 0 Å². The highest BCUT2D eigenvalue weighted by atomic mass is 32.1. The lowest BCUT2D eigenvalue weighted by atomic mass is 10.1. The van der Waals surface area contributed by atoms with E-state index in [1.165, 1.54) is 0 Å². The maximum Gasteiger partial charge on any atom is 0.187 e. The van der Waals surface area contributed by atoms with Crippen molar-refractivity contribution < 1.29 is 0 Å². The molecule has 76 valence electrons. The van der Waals surface area contributed by atoms with E-state index in [9.17, 15) is 0 Å². The van der Waals surface area contributed by atoms with Crippen LogP contribution >= 0.6 is 12.2 Å². The van der Waals surface area contributed by atoms with Crippen LogP contribution in [0, 0.1) is 5.92 Å². The molecule has 0 saturated heterocycles. The van der Waals surface area contributed by atoms with Gasteiger partial charge in [0.05, 0.1) is 0 Å². The molecule has 0 fully saturated rings. The topological polar surface area (TPSA) is 36.4 Å². The highest BCUT2D eigenvalue weighted by Gasteiger charge is 1.99. The van der Waals surface area contributed by atoms with Gasteiger partial charge in [0.1, 0.15) is 0 Å². The smallest absolute Gasteiger partial charge is 0.187 e. The van der Waals surface area contributed by atoms with E-state index >= 15 is 0 Å². The second-order valence-corrected chi connectivity index (χ2v) is 4.06. The third-order valence-corrected chi connectivity index (χ3v) is 1.80. The molecule has 13 heavy (non-hydrogen) atoms. The summed E-state index contributed by atoms with van der Waals surface area (Å²) in [6.07, 6.45) is 0. The third kappa shape index (κ3) is 6.51. The summed E-state index contributed by atoms with van der Waals surface area (Å²) in [5, 5.41) is 7.77. The zero-order chi connectivity index (χ0) is 10.4. The molecule has 0 atom stereocenters. The Bertz CT molecular complexity index is 197. The molecular weight excluding hydrogens is 182 g/mol. The average Bonchev–Trinajstić information content (AvgIpc) is 1.98. The van der Waals surface area contributed by atoms with Gasteiger partial charge in [-0.25, -0.2) is 0 Å². The van der Waals surface area contributed by atoms with Crippen LogP contribution in [0.15, 0.2) is 5.10 Å². The van der Waals surface area contributed by atoms with Gasteiger partial charge in [-0.05, 0) is 38.9 Å². The normalized spacial score (nSPS) is 12.1. The van der Waals surface area contributed by atoms with Gasteiger partial charge in [-0.2, -0.15) is 5.10 Å². The Balaban J connectivity index is 3.88. The van der Waals surface area contributed by atoms with Crippen LogP contribution in [-0.4, -0.2) is 16.9 Å². The number of nitrogens with zero attached hydrogens (tertiary/aromatic N) is 1. The van der Waals surface area contributed by atoms with E-state index in [0.29, 0.717) is 17.1 Å². The van der Waals surface area contributed by atoms with E-state index in [2.05, 4.69) is 29.7 Å². The summed E-state index contributed by atoms with van der Waals surface area (Å²) >= 11 is 5.01. The lowest BCUT2D eigenvalue weighted by Crippen LogP contribution is -2.37. The minimum absolute atomic E-state index is 0.342. The van der Waals surface area contributed by atoms with Crippen molar-refractivity contribution >= 4 is 23.0 Å². The summed E-state index contributed by atoms with van der Waals surface area (Å²) in [6.45, 7) is 10.2. The van der Waals surface area contributed by atoms with E-state index < -0.39 is 0 Å². The summed E-state index contributed by atoms with van der Waals surface area (Å²) in [6, 6.07) is 0.342. The van der Waals surface area contributed by atoms with Crippen LogP contribution in [-0.2, 0) is 0 Å². The predicted octanol–water partition coefficient (Wildman–Crippen LogP) is 1.89. The van der Waals surface area contributed by atoms with Gasteiger partial charge in [0.2, 0.25) is 0 Å². The Labute approximate surface area is 86.0 Å². The van der Waals surface area contributed by atoms with E-state index in [1.807, 2.05) is 20.8 Å². The number of hydrazone groups is 1. The highest BCUT2D eigenvalue weighted by molar-refractivity contribution is 7.80. The first-order valence-electron chi connectivity index (χ1n) is 4.54. The van der Waals surface area contributed by atoms with Gasteiger partial charge in [0, 0.05) is 11.8 Å². The van der Waals surface area contributed by atoms with E-state index in [0.717, 1.165) is 5.71 Å². The monoisotopic (exact) mass is 201 g/mol. The first-order valence-corrected chi connectivity index (χ1v) is 4.95. The van der Waals surface area contributed by atoms with Gasteiger partial charge in [0.25, 0.3) is 0 Å². The fourth-order valence-electron chi connectivity index (χ4n) is 0.563. The summed E-state index contributed by atoms with van der Waals surface area (Å²) in [4.78, 5) is 0. The second kappa shape index (κ2) is 5.91. The van der Waals surface area contributed by atoms with Gasteiger partial charge < -0.3 is 5.32 Å². The lowest BCUT2D eigenvalue weighted by Gasteiger charge is -2.11. The number of rotatable bonds is 3. The molecule has 0 aliphatic heterocycles. The number of hydrogen-bond acceptors (Lipinski definition) is 2. The van der Waals surface area contributed by atoms with Crippen molar-refractivity contribution in [3.05, 3.63) is 0 Å². The molecule has 0 unspecified atom stereocenters. The molecule has 0 radical (unpaired) electrons. The van der Waals surface area contributed by atoms with Crippen molar-refractivity contribution in [2.45, 2.75) is 40.7 Å². The molecule has 4 heteroatoms. The quantitative estimate of drug-likeness (QED) is 0.416. The van der Waals surface area contributed by atoms with Gasteiger partial charge in [0.15, 0.2) is 5.11 Å². The lowest BCUT2D eigenvalue weighted by molar-refractivity contribution is 0.717. The summed E-state index contributed by atoms with van der Waals surface area (Å²) in [7, 11) is 0. The molecule has 0 aromatic rings. The van der Waals surface area contributed by atoms with Crippen LogP contribution in [0.1, 0.15) is 34.6 Å². The molecule has 0 bridgehead atoms. The average molecular weight is 201 g/mol. The second-order valence-electron chi connectivity index (χ2n) is 3.65. The molecule has 0 aliphatic rings. The van der Waals surface area contributed by atoms with Crippen LogP contribution in [0.2, 0.25) is 0 Å². The summed E-state index contributed by atoms with van der Waals surface area (Å²) in [5.41, 5.74) is 3.85. The van der Waals surface area contributed by atoms with Crippen molar-refractivity contribution in [3.63, 3.8) is 0 Å². The predicted molar refractivity (Wildman–Crippen MR) is 62.0 cm³/mol. The zero-order valence-corrected chi connectivity index (χ0v) is 9.83. The Hall–Kier alpha value is -0.640. The Morgan fingerprint density at radius 3 is 2.15 bits per heavy atom. The molecule has 3 nitrogen and oxygen atoms in total. The van der Waals surface area contributed by atoms with E-state index in [1.54, 1.807) is 0 Å². The Kier molecular flexibility index (Phi) is 5.62. The largest absolute Gasteiger partial charge is 0.359 e. The van der Waals surface area contributed by atoms with E-state index in [4.69, 9.17) is 12.2 Å². The SMILES string of the molecule is C/C(=N\NC(=S)NC(C)C)C(C)C. The van der Waals surface area contributed by atoms with Crippen LogP contribution in [0.25, 0.3) is 0 Å². The maximum atomic E-state index is 5.01. The van der Waals surface area contributed by atoms with Crippen LogP contribution in [0.3, 0.4) is 0 Å². The summed E-state index contributed by atoms with van der Waals surface area (Å²) in [5.74, 6) is 0.453. The molecule has 0 spiro atoms. The van der Waals surface area contributed by atoms with Crippen molar-refractivity contribution in [3.8, 4) is 0 Å². The first kappa shape index (κ1) is 12.4. The van der Waals surface area contributed by atoms with Crippen LogP contribution < -0.4 is 10.7 Å². The highest BCUT2D eigenvalue weighted by Crippen LogP contribution is 1.94. The minimum atomic E-state index is 0.342. The number of nitrogens with one attached hydrogen (secondary N) is 2. The molecule has 0 rings (SSSR count). The minimum Gasteiger partial charge on any atom is -0.359 e. The first-order chi connectivity index (χ1) is 5.93. The Morgan fingerprint density at radius 2 is 1.77 bits per heavy atom. The van der Waals surface area contributed by atoms with Crippen molar-refractivity contribution in [2.24, 2.45) is 11.0 Å². The zero-order valence-electron chi connectivity index (χ0n) is 9.01. The van der Waals surface area contributed by atoms with Gasteiger partial charge in [-0.15, -0.1) is 0 Å². The molecule has 0 amide bonds. The third-order valence-electron chi connectivity index (χ3n) is 1.59.